The van der Waals surface area contributed by atoms with Crippen molar-refractivity contribution in [2.45, 2.75) is 31.8 Å². The van der Waals surface area contributed by atoms with Crippen LogP contribution in [0.15, 0.2) is 30.3 Å². The molecule has 1 saturated carbocycles. The molecule has 6 nitrogen and oxygen atoms in total. The van der Waals surface area contributed by atoms with Crippen LogP contribution in [0.2, 0.25) is 0 Å². The number of allylic oxidation sites excluding steroid dienone is 1. The van der Waals surface area contributed by atoms with Gasteiger partial charge in [-0.25, -0.2) is 5.48 Å². The Hall–Kier alpha value is -2.62. The first-order valence-electron chi connectivity index (χ1n) is 7.79. The lowest BCUT2D eigenvalue weighted by molar-refractivity contribution is -0.131. The summed E-state index contributed by atoms with van der Waals surface area (Å²) in [6.45, 7) is 1.57. The predicted octanol–water partition coefficient (Wildman–Crippen LogP) is 1.06. The fourth-order valence-corrected chi connectivity index (χ4v) is 2.01. The van der Waals surface area contributed by atoms with Crippen molar-refractivity contribution in [3.05, 3.63) is 41.5 Å². The summed E-state index contributed by atoms with van der Waals surface area (Å²) in [5, 5.41) is 11.2. The quantitative estimate of drug-likeness (QED) is 0.369. The van der Waals surface area contributed by atoms with Crippen molar-refractivity contribution in [1.82, 2.24) is 10.8 Å². The molecule has 2 amide bonds. The first-order valence-corrected chi connectivity index (χ1v) is 7.79. The second-order valence-electron chi connectivity index (χ2n) is 5.80. The van der Waals surface area contributed by atoms with Gasteiger partial charge in [-0.3, -0.25) is 14.8 Å². The van der Waals surface area contributed by atoms with Gasteiger partial charge in [0.25, 0.3) is 11.8 Å². The van der Waals surface area contributed by atoms with Gasteiger partial charge >= 0.3 is 0 Å². The molecule has 126 valence electrons. The number of carbonyl (C=O) groups excluding carboxylic acids is 2. The number of rotatable bonds is 5. The van der Waals surface area contributed by atoms with Crippen molar-refractivity contribution in [2.75, 3.05) is 0 Å². The number of hydroxylamine groups is 1. The van der Waals surface area contributed by atoms with E-state index in [0.29, 0.717) is 11.5 Å². The third-order valence-electron chi connectivity index (χ3n) is 3.60. The molecule has 2 rings (SSSR count). The molecule has 0 spiro atoms. The molecule has 5 N–H and O–H groups in total. The van der Waals surface area contributed by atoms with Gasteiger partial charge < -0.3 is 11.1 Å². The average Bonchev–Trinajstić information content (AvgIpc) is 3.40. The van der Waals surface area contributed by atoms with E-state index in [2.05, 4.69) is 17.2 Å². The second-order valence-corrected chi connectivity index (χ2v) is 5.80. The van der Waals surface area contributed by atoms with E-state index in [9.17, 15) is 9.59 Å². The Morgan fingerprint density at radius 1 is 1.33 bits per heavy atom. The summed E-state index contributed by atoms with van der Waals surface area (Å²) in [5.74, 6) is 5.50. The van der Waals surface area contributed by atoms with E-state index in [0.717, 1.165) is 5.56 Å². The van der Waals surface area contributed by atoms with Crippen LogP contribution in [0.5, 0.6) is 0 Å². The Kier molecular flexibility index (Phi) is 6.13. The highest BCUT2D eigenvalue weighted by atomic mass is 16.5. The molecule has 0 aliphatic heterocycles. The van der Waals surface area contributed by atoms with Crippen LogP contribution >= 0.6 is 0 Å². The molecule has 0 unspecified atom stereocenters. The van der Waals surface area contributed by atoms with E-state index in [4.69, 9.17) is 10.9 Å². The average molecular weight is 327 g/mol. The molecule has 2 atom stereocenters. The van der Waals surface area contributed by atoms with Crippen LogP contribution in [0.3, 0.4) is 0 Å². The maximum atomic E-state index is 12.2. The van der Waals surface area contributed by atoms with Gasteiger partial charge in [0, 0.05) is 17.5 Å². The number of nitrogens with one attached hydrogen (secondary N) is 2. The van der Waals surface area contributed by atoms with Crippen molar-refractivity contribution < 1.29 is 14.8 Å². The van der Waals surface area contributed by atoms with Gasteiger partial charge in [0.1, 0.15) is 6.04 Å². The monoisotopic (exact) mass is 327 g/mol. The minimum atomic E-state index is -1.01. The molecule has 0 aromatic heterocycles. The fourth-order valence-electron chi connectivity index (χ4n) is 2.01. The maximum Gasteiger partial charge on any atom is 0.267 e. The number of amides is 2. The van der Waals surface area contributed by atoms with Gasteiger partial charge in [0.05, 0.1) is 0 Å². The van der Waals surface area contributed by atoms with E-state index in [1.165, 1.54) is 18.3 Å². The van der Waals surface area contributed by atoms with Crippen LogP contribution < -0.4 is 16.5 Å². The van der Waals surface area contributed by atoms with Crippen molar-refractivity contribution in [3.63, 3.8) is 0 Å². The third kappa shape index (κ3) is 5.23. The summed E-state index contributed by atoms with van der Waals surface area (Å²) >= 11 is 0. The number of nitrogens with two attached hydrogens (primary N) is 1. The summed E-state index contributed by atoms with van der Waals surface area (Å²) in [6.07, 6.45) is 6.06. The Labute approximate surface area is 141 Å². The van der Waals surface area contributed by atoms with Gasteiger partial charge in [-0.05, 0) is 49.6 Å². The molecule has 1 aromatic rings. The van der Waals surface area contributed by atoms with Crippen LogP contribution in [0, 0.1) is 17.8 Å². The molecule has 0 radical (unpaired) electrons. The summed E-state index contributed by atoms with van der Waals surface area (Å²) in [5.41, 5.74) is 8.47. The van der Waals surface area contributed by atoms with Gasteiger partial charge in [-0.1, -0.05) is 24.0 Å². The van der Waals surface area contributed by atoms with Crippen molar-refractivity contribution >= 4 is 17.9 Å². The molecule has 1 aliphatic carbocycles. The molecular formula is C18H21N3O3. The van der Waals surface area contributed by atoms with Crippen LogP contribution in [0.4, 0.5) is 0 Å². The van der Waals surface area contributed by atoms with E-state index >= 15 is 0 Å². The highest BCUT2D eigenvalue weighted by Gasteiger charge is 2.24. The summed E-state index contributed by atoms with van der Waals surface area (Å²) < 4.78 is 0. The summed E-state index contributed by atoms with van der Waals surface area (Å²) in [7, 11) is 0. The van der Waals surface area contributed by atoms with E-state index in [1.807, 2.05) is 6.08 Å². The lowest BCUT2D eigenvalue weighted by Crippen LogP contribution is -2.54. The van der Waals surface area contributed by atoms with E-state index in [-0.39, 0.29) is 0 Å². The van der Waals surface area contributed by atoms with Crippen molar-refractivity contribution in [3.8, 4) is 11.8 Å². The maximum absolute atomic E-state index is 12.2. The van der Waals surface area contributed by atoms with Gasteiger partial charge in [0.15, 0.2) is 0 Å². The lowest BCUT2D eigenvalue weighted by atomic mass is 10.1. The van der Waals surface area contributed by atoms with Crippen LogP contribution in [0.25, 0.3) is 6.08 Å². The molecule has 1 fully saturated rings. The largest absolute Gasteiger partial charge is 0.339 e. The Balaban J connectivity index is 1.97. The Bertz CT molecular complexity index is 680. The first-order chi connectivity index (χ1) is 11.5. The lowest BCUT2D eigenvalue weighted by Gasteiger charge is -2.20. The van der Waals surface area contributed by atoms with Crippen molar-refractivity contribution in [2.24, 2.45) is 11.7 Å². The third-order valence-corrected chi connectivity index (χ3v) is 3.60. The van der Waals surface area contributed by atoms with Crippen LogP contribution in [-0.2, 0) is 4.79 Å². The molecule has 0 bridgehead atoms. The topological polar surface area (TPSA) is 104 Å². The van der Waals surface area contributed by atoms with E-state index in [1.54, 1.807) is 37.3 Å². The van der Waals surface area contributed by atoms with E-state index < -0.39 is 23.9 Å². The number of carbonyl (C=O) groups is 2. The van der Waals surface area contributed by atoms with Crippen molar-refractivity contribution in [1.29, 1.82) is 0 Å². The molecule has 0 heterocycles. The Morgan fingerprint density at radius 3 is 2.54 bits per heavy atom. The zero-order valence-corrected chi connectivity index (χ0v) is 13.5. The predicted molar refractivity (Wildman–Crippen MR) is 90.8 cm³/mol. The number of hydrogen-bond donors (Lipinski definition) is 4. The van der Waals surface area contributed by atoms with Crippen LogP contribution in [-0.4, -0.2) is 29.1 Å². The smallest absolute Gasteiger partial charge is 0.267 e. The number of benzene rings is 1. The molecule has 1 aliphatic rings. The summed E-state index contributed by atoms with van der Waals surface area (Å²) in [6, 6.07) is 5.22. The number of hydrogen-bond acceptors (Lipinski definition) is 4. The highest BCUT2D eigenvalue weighted by Crippen LogP contribution is 2.27. The van der Waals surface area contributed by atoms with Gasteiger partial charge in [-0.2, -0.15) is 0 Å². The van der Waals surface area contributed by atoms with Gasteiger partial charge in [0.2, 0.25) is 0 Å². The molecule has 1 aromatic carbocycles. The first kappa shape index (κ1) is 17.7. The summed E-state index contributed by atoms with van der Waals surface area (Å²) in [4.78, 5) is 23.7. The molecule has 24 heavy (non-hydrogen) atoms. The molecule has 6 heteroatoms. The van der Waals surface area contributed by atoms with Gasteiger partial charge in [-0.15, -0.1) is 0 Å². The zero-order chi connectivity index (χ0) is 17.5. The minimum Gasteiger partial charge on any atom is -0.339 e. The Morgan fingerprint density at radius 2 is 2.00 bits per heavy atom. The zero-order valence-electron chi connectivity index (χ0n) is 13.5. The molecular weight excluding hydrogens is 306 g/mol. The highest BCUT2D eigenvalue weighted by molar-refractivity contribution is 5.97. The minimum absolute atomic E-state index is 0.396. The normalized spacial score (nSPS) is 16.0. The SMILES string of the molecule is C[C@@H](N)[C@H](NC(=O)c1ccc(/C=C/C#CC2CC2)cc1)C(=O)NO. The standard InChI is InChI=1S/C18H21N3O3/c1-12(19)16(18(23)21-24)20-17(22)15-10-8-14(9-11-15)5-3-2-4-13-6-7-13/h3,5,8-13,16,24H,6-7,19H2,1H3,(H,20,22)(H,21,23)/b5-3+/t12-,16+/m1/s1. The fraction of sp³-hybridized carbons (Fsp3) is 0.333. The molecule has 0 saturated heterocycles. The van der Waals surface area contributed by atoms with Crippen LogP contribution in [0.1, 0.15) is 35.7 Å². The second kappa shape index (κ2) is 8.29.